The Labute approximate surface area is 143 Å². The first-order valence-electron chi connectivity index (χ1n) is 8.65. The lowest BCUT2D eigenvalue weighted by Crippen LogP contribution is -2.55. The van der Waals surface area contributed by atoms with Crippen LogP contribution in [0.5, 0.6) is 0 Å². The van der Waals surface area contributed by atoms with Gasteiger partial charge >= 0.3 is 0 Å². The lowest BCUT2D eigenvalue weighted by Gasteiger charge is -2.34. The zero-order valence-corrected chi connectivity index (χ0v) is 14.2. The second-order valence-corrected chi connectivity index (χ2v) is 6.70. The molecule has 2 aliphatic heterocycles. The van der Waals surface area contributed by atoms with Gasteiger partial charge in [-0.25, -0.2) is 0 Å². The molecule has 1 atom stereocenters. The number of hydrogen-bond donors (Lipinski definition) is 2. The monoisotopic (exact) mass is 327 g/mol. The highest BCUT2D eigenvalue weighted by Gasteiger charge is 2.45. The van der Waals surface area contributed by atoms with Crippen molar-refractivity contribution in [3.63, 3.8) is 0 Å². The molecule has 0 saturated carbocycles. The maximum absolute atomic E-state index is 12.8. The number of amides is 2. The van der Waals surface area contributed by atoms with E-state index < -0.39 is 5.54 Å². The van der Waals surface area contributed by atoms with Crippen molar-refractivity contribution in [1.82, 2.24) is 15.5 Å². The van der Waals surface area contributed by atoms with Gasteiger partial charge < -0.3 is 15.5 Å². The predicted octanol–water partition coefficient (Wildman–Crippen LogP) is 1.72. The Morgan fingerprint density at radius 2 is 2.08 bits per heavy atom. The maximum atomic E-state index is 12.8. The van der Waals surface area contributed by atoms with Gasteiger partial charge in [0.1, 0.15) is 5.54 Å². The van der Waals surface area contributed by atoms with Crippen LogP contribution in [0.4, 0.5) is 0 Å². The van der Waals surface area contributed by atoms with Crippen molar-refractivity contribution < 1.29 is 9.59 Å². The van der Waals surface area contributed by atoms with Gasteiger partial charge in [-0.2, -0.15) is 0 Å². The number of rotatable bonds is 4. The summed E-state index contributed by atoms with van der Waals surface area (Å²) in [5, 5.41) is 6.31. The highest BCUT2D eigenvalue weighted by Crippen LogP contribution is 2.30. The predicted molar refractivity (Wildman–Crippen MR) is 93.7 cm³/mol. The van der Waals surface area contributed by atoms with Gasteiger partial charge in [0.15, 0.2) is 0 Å². The molecule has 1 saturated heterocycles. The molecule has 0 radical (unpaired) electrons. The standard InChI is InChI=1S/C19H25N3O2/c1-19(18(24)21-14-15-8-11-20-12-9-15)10-5-13-22(19)17(23)16-6-3-2-4-7-16/h2-4,6-8,20H,5,9-14H2,1H3,(H,21,24). The van der Waals surface area contributed by atoms with Gasteiger partial charge in [0.2, 0.25) is 5.91 Å². The molecule has 3 rings (SSSR count). The van der Waals surface area contributed by atoms with Crippen molar-refractivity contribution in [3.05, 3.63) is 47.5 Å². The van der Waals surface area contributed by atoms with Crippen LogP contribution in [0.15, 0.2) is 42.0 Å². The van der Waals surface area contributed by atoms with Gasteiger partial charge in [-0.15, -0.1) is 0 Å². The van der Waals surface area contributed by atoms with E-state index >= 15 is 0 Å². The number of nitrogens with one attached hydrogen (secondary N) is 2. The zero-order chi connectivity index (χ0) is 17.0. The smallest absolute Gasteiger partial charge is 0.254 e. The Morgan fingerprint density at radius 1 is 1.29 bits per heavy atom. The van der Waals surface area contributed by atoms with Crippen LogP contribution in [0.2, 0.25) is 0 Å². The van der Waals surface area contributed by atoms with E-state index in [1.54, 1.807) is 17.0 Å². The van der Waals surface area contributed by atoms with Crippen LogP contribution < -0.4 is 10.6 Å². The number of likely N-dealkylation sites (tertiary alicyclic amines) is 1. The molecule has 2 aliphatic rings. The quantitative estimate of drug-likeness (QED) is 0.828. The summed E-state index contributed by atoms with van der Waals surface area (Å²) in [6.07, 6.45) is 4.66. The minimum absolute atomic E-state index is 0.0521. The molecule has 24 heavy (non-hydrogen) atoms. The summed E-state index contributed by atoms with van der Waals surface area (Å²) in [5.74, 6) is -0.115. The molecule has 0 aromatic heterocycles. The molecule has 0 spiro atoms. The Hall–Kier alpha value is -2.14. The Balaban J connectivity index is 1.69. The molecule has 2 N–H and O–H groups in total. The average molecular weight is 327 g/mol. The molecule has 1 aromatic carbocycles. The molecule has 2 heterocycles. The molecular weight excluding hydrogens is 302 g/mol. The molecule has 1 unspecified atom stereocenters. The number of benzene rings is 1. The Morgan fingerprint density at radius 3 is 2.79 bits per heavy atom. The largest absolute Gasteiger partial charge is 0.350 e. The van der Waals surface area contributed by atoms with Crippen LogP contribution in [0.1, 0.15) is 36.5 Å². The lowest BCUT2D eigenvalue weighted by molar-refractivity contribution is -0.129. The van der Waals surface area contributed by atoms with E-state index in [0.29, 0.717) is 25.1 Å². The third-order valence-electron chi connectivity index (χ3n) is 5.03. The van der Waals surface area contributed by atoms with Crippen molar-refractivity contribution in [1.29, 1.82) is 0 Å². The Bertz CT molecular complexity index is 641. The molecule has 1 fully saturated rings. The van der Waals surface area contributed by atoms with E-state index in [0.717, 1.165) is 25.9 Å². The van der Waals surface area contributed by atoms with E-state index in [1.165, 1.54) is 5.57 Å². The van der Waals surface area contributed by atoms with Crippen LogP contribution in [0.3, 0.4) is 0 Å². The fourth-order valence-electron chi connectivity index (χ4n) is 3.48. The number of nitrogens with zero attached hydrogens (tertiary/aromatic N) is 1. The van der Waals surface area contributed by atoms with Gasteiger partial charge in [-0.05, 0) is 44.9 Å². The van der Waals surface area contributed by atoms with Gasteiger partial charge in [-0.1, -0.05) is 29.8 Å². The second kappa shape index (κ2) is 7.18. The topological polar surface area (TPSA) is 61.4 Å². The molecule has 0 aliphatic carbocycles. The second-order valence-electron chi connectivity index (χ2n) is 6.70. The van der Waals surface area contributed by atoms with Crippen molar-refractivity contribution in [2.75, 3.05) is 26.2 Å². The zero-order valence-electron chi connectivity index (χ0n) is 14.2. The lowest BCUT2D eigenvalue weighted by atomic mass is 9.96. The summed E-state index contributed by atoms with van der Waals surface area (Å²) < 4.78 is 0. The van der Waals surface area contributed by atoms with Gasteiger partial charge in [-0.3, -0.25) is 9.59 Å². The van der Waals surface area contributed by atoms with Crippen LogP contribution in [0.25, 0.3) is 0 Å². The molecule has 5 nitrogen and oxygen atoms in total. The van der Waals surface area contributed by atoms with Crippen LogP contribution in [-0.2, 0) is 4.79 Å². The molecule has 128 valence electrons. The molecule has 2 amide bonds. The molecule has 5 heteroatoms. The third-order valence-corrected chi connectivity index (χ3v) is 5.03. The summed E-state index contributed by atoms with van der Waals surface area (Å²) in [6.45, 7) is 4.90. The number of carbonyl (C=O) groups is 2. The molecule has 1 aromatic rings. The minimum Gasteiger partial charge on any atom is -0.350 e. The third kappa shape index (κ3) is 3.36. The van der Waals surface area contributed by atoms with Crippen molar-refractivity contribution in [2.45, 2.75) is 31.7 Å². The van der Waals surface area contributed by atoms with E-state index in [4.69, 9.17) is 0 Å². The summed E-state index contributed by atoms with van der Waals surface area (Å²) in [7, 11) is 0. The van der Waals surface area contributed by atoms with E-state index in [2.05, 4.69) is 16.7 Å². The number of carbonyl (C=O) groups excluding carboxylic acids is 2. The van der Waals surface area contributed by atoms with Crippen molar-refractivity contribution in [3.8, 4) is 0 Å². The summed E-state index contributed by atoms with van der Waals surface area (Å²) in [6, 6.07) is 9.20. The number of hydrogen-bond acceptors (Lipinski definition) is 3. The first-order chi connectivity index (χ1) is 11.6. The summed E-state index contributed by atoms with van der Waals surface area (Å²) >= 11 is 0. The summed E-state index contributed by atoms with van der Waals surface area (Å²) in [5.41, 5.74) is 1.13. The fraction of sp³-hybridized carbons (Fsp3) is 0.474. The van der Waals surface area contributed by atoms with E-state index in [-0.39, 0.29) is 11.8 Å². The maximum Gasteiger partial charge on any atom is 0.254 e. The highest BCUT2D eigenvalue weighted by atomic mass is 16.2. The molecule has 0 bridgehead atoms. The first kappa shape index (κ1) is 16.7. The minimum atomic E-state index is -0.763. The SMILES string of the molecule is CC1(C(=O)NCC2=CCNCC2)CCCN1C(=O)c1ccccc1. The van der Waals surface area contributed by atoms with Crippen LogP contribution >= 0.6 is 0 Å². The molecular formula is C19H25N3O2. The highest BCUT2D eigenvalue weighted by molar-refractivity contribution is 5.99. The average Bonchev–Trinajstić information content (AvgIpc) is 3.03. The van der Waals surface area contributed by atoms with E-state index in [9.17, 15) is 9.59 Å². The fourth-order valence-corrected chi connectivity index (χ4v) is 3.48. The van der Waals surface area contributed by atoms with Crippen LogP contribution in [-0.4, -0.2) is 48.4 Å². The normalized spacial score (nSPS) is 23.7. The van der Waals surface area contributed by atoms with Gasteiger partial charge in [0, 0.05) is 25.2 Å². The van der Waals surface area contributed by atoms with E-state index in [1.807, 2.05) is 25.1 Å². The van der Waals surface area contributed by atoms with Gasteiger partial charge in [0.25, 0.3) is 5.91 Å². The van der Waals surface area contributed by atoms with Crippen LogP contribution in [0, 0.1) is 0 Å². The first-order valence-corrected chi connectivity index (χ1v) is 8.65. The Kier molecular flexibility index (Phi) is 5.00. The van der Waals surface area contributed by atoms with Gasteiger partial charge in [0.05, 0.1) is 0 Å². The van der Waals surface area contributed by atoms with Crippen molar-refractivity contribution in [2.24, 2.45) is 0 Å². The van der Waals surface area contributed by atoms with Crippen molar-refractivity contribution >= 4 is 11.8 Å². The summed E-state index contributed by atoms with van der Waals surface area (Å²) in [4.78, 5) is 27.3.